The maximum atomic E-state index is 12.0. The molecule has 1 heterocycles. The van der Waals surface area contributed by atoms with Crippen molar-refractivity contribution in [3.05, 3.63) is 18.0 Å². The summed E-state index contributed by atoms with van der Waals surface area (Å²) in [6.45, 7) is 5.14. The fourth-order valence-corrected chi connectivity index (χ4v) is 2.71. The van der Waals surface area contributed by atoms with E-state index >= 15 is 0 Å². The van der Waals surface area contributed by atoms with E-state index in [-0.39, 0.29) is 16.6 Å². The average Bonchev–Trinajstić information content (AvgIpc) is 2.80. The molecular formula is C12H19N3O5S. The van der Waals surface area contributed by atoms with E-state index in [4.69, 9.17) is 5.11 Å². The zero-order chi connectivity index (χ0) is 16.2. The van der Waals surface area contributed by atoms with Crippen LogP contribution >= 0.6 is 0 Å². The van der Waals surface area contributed by atoms with E-state index in [1.54, 1.807) is 20.8 Å². The minimum absolute atomic E-state index is 0.0956. The van der Waals surface area contributed by atoms with Crippen LogP contribution in [0.4, 0.5) is 0 Å². The van der Waals surface area contributed by atoms with Crippen LogP contribution in [0.3, 0.4) is 0 Å². The summed E-state index contributed by atoms with van der Waals surface area (Å²) < 4.78 is 27.5. The number of carbonyl (C=O) groups excluding carboxylic acids is 1. The van der Waals surface area contributed by atoms with Crippen LogP contribution in [0, 0.1) is 0 Å². The number of hydrogen-bond acceptors (Lipinski definition) is 4. The molecule has 0 radical (unpaired) electrons. The third kappa shape index (κ3) is 4.57. The van der Waals surface area contributed by atoms with Crippen LogP contribution < -0.4 is 10.0 Å². The van der Waals surface area contributed by atoms with E-state index in [0.717, 1.165) is 6.07 Å². The van der Waals surface area contributed by atoms with Crippen LogP contribution in [0.5, 0.6) is 0 Å². The van der Waals surface area contributed by atoms with Gasteiger partial charge in [-0.25, -0.2) is 17.9 Å². The fraction of sp³-hybridized carbons (Fsp3) is 0.500. The number of nitrogens with zero attached hydrogens (tertiary/aromatic N) is 1. The number of carbonyl (C=O) groups is 2. The molecule has 118 valence electrons. The van der Waals surface area contributed by atoms with Crippen molar-refractivity contribution < 1.29 is 23.1 Å². The van der Waals surface area contributed by atoms with Gasteiger partial charge in [-0.2, -0.15) is 0 Å². The number of carboxylic acid groups (broad SMARTS) is 1. The van der Waals surface area contributed by atoms with Crippen molar-refractivity contribution in [1.82, 2.24) is 14.6 Å². The van der Waals surface area contributed by atoms with Gasteiger partial charge in [0.25, 0.3) is 0 Å². The Morgan fingerprint density at radius 1 is 1.38 bits per heavy atom. The van der Waals surface area contributed by atoms with Crippen LogP contribution in [0.25, 0.3) is 0 Å². The molecule has 0 spiro atoms. The number of nitrogens with one attached hydrogen (secondary N) is 2. The lowest BCUT2D eigenvalue weighted by atomic mass is 10.4. The molecule has 0 aliphatic heterocycles. The second-order valence-corrected chi connectivity index (χ2v) is 6.47. The minimum atomic E-state index is -3.93. The van der Waals surface area contributed by atoms with Crippen LogP contribution in [0.2, 0.25) is 0 Å². The van der Waals surface area contributed by atoms with Gasteiger partial charge >= 0.3 is 5.97 Å². The van der Waals surface area contributed by atoms with Gasteiger partial charge in [0.15, 0.2) is 0 Å². The molecule has 0 saturated carbocycles. The Kier molecular flexibility index (Phi) is 5.50. The van der Waals surface area contributed by atoms with Gasteiger partial charge in [0, 0.05) is 18.8 Å². The normalized spacial score (nSPS) is 11.6. The summed E-state index contributed by atoms with van der Waals surface area (Å²) >= 11 is 0. The van der Waals surface area contributed by atoms with Gasteiger partial charge in [-0.05, 0) is 26.8 Å². The van der Waals surface area contributed by atoms with Crippen molar-refractivity contribution in [2.45, 2.75) is 38.3 Å². The molecule has 0 atom stereocenters. The van der Waals surface area contributed by atoms with Crippen molar-refractivity contribution >= 4 is 21.9 Å². The summed E-state index contributed by atoms with van der Waals surface area (Å²) in [5.74, 6) is -1.67. The lowest BCUT2D eigenvalue weighted by molar-refractivity contribution is -0.120. The fourth-order valence-electron chi connectivity index (χ4n) is 1.69. The highest BCUT2D eigenvalue weighted by Crippen LogP contribution is 2.14. The molecule has 0 aliphatic rings. The molecule has 1 amide bonds. The van der Waals surface area contributed by atoms with E-state index in [2.05, 4.69) is 10.0 Å². The number of amides is 1. The zero-order valence-corrected chi connectivity index (χ0v) is 12.9. The molecule has 0 bridgehead atoms. The molecule has 0 fully saturated rings. The first kappa shape index (κ1) is 17.2. The summed E-state index contributed by atoms with van der Waals surface area (Å²) in [6, 6.07) is 0.968. The molecule has 8 nitrogen and oxygen atoms in total. The molecule has 0 unspecified atom stereocenters. The molecule has 0 saturated heterocycles. The Bertz CT molecular complexity index is 633. The van der Waals surface area contributed by atoms with Crippen LogP contribution in [0.15, 0.2) is 17.2 Å². The lowest BCUT2D eigenvalue weighted by Crippen LogP contribution is -2.39. The monoisotopic (exact) mass is 317 g/mol. The second-order valence-electron chi connectivity index (χ2n) is 4.70. The topological polar surface area (TPSA) is 118 Å². The summed E-state index contributed by atoms with van der Waals surface area (Å²) in [5, 5.41) is 11.5. The molecule has 21 heavy (non-hydrogen) atoms. The van der Waals surface area contributed by atoms with Gasteiger partial charge in [0.05, 0.1) is 6.54 Å². The van der Waals surface area contributed by atoms with Crippen molar-refractivity contribution in [3.63, 3.8) is 0 Å². The smallest absolute Gasteiger partial charge is 0.352 e. The molecular weight excluding hydrogens is 298 g/mol. The van der Waals surface area contributed by atoms with Gasteiger partial charge in [0.2, 0.25) is 15.9 Å². The van der Waals surface area contributed by atoms with Gasteiger partial charge < -0.3 is 15.0 Å². The quantitative estimate of drug-likeness (QED) is 0.655. The maximum Gasteiger partial charge on any atom is 0.352 e. The highest BCUT2D eigenvalue weighted by atomic mass is 32.2. The highest BCUT2D eigenvalue weighted by molar-refractivity contribution is 7.89. The number of carboxylic acids is 1. The molecule has 0 aliphatic carbocycles. The standard InChI is InChI=1S/C12H19N3O5S/c1-4-15-7-9(5-10(15)12(17)18)21(19,20)13-6-11(16)14-8(2)3/h5,7-8,13H,4,6H2,1-3H3,(H,14,16)(H,17,18). The number of sulfonamides is 1. The van der Waals surface area contributed by atoms with Crippen molar-refractivity contribution in [2.75, 3.05) is 6.54 Å². The number of aromatic nitrogens is 1. The molecule has 1 aromatic rings. The summed E-state index contributed by atoms with van der Waals surface area (Å²) in [5.41, 5.74) is -0.121. The second kappa shape index (κ2) is 6.72. The molecule has 9 heteroatoms. The largest absolute Gasteiger partial charge is 0.477 e. The molecule has 3 N–H and O–H groups in total. The first-order valence-corrected chi connectivity index (χ1v) is 7.88. The molecule has 1 aromatic heterocycles. The molecule has 0 aromatic carbocycles. The van der Waals surface area contributed by atoms with Gasteiger partial charge in [-0.1, -0.05) is 0 Å². The summed E-state index contributed by atoms with van der Waals surface area (Å²) in [6.07, 6.45) is 1.23. The summed E-state index contributed by atoms with van der Waals surface area (Å²) in [4.78, 5) is 22.3. The Hall–Kier alpha value is -1.87. The van der Waals surface area contributed by atoms with E-state index in [1.807, 2.05) is 0 Å². The Morgan fingerprint density at radius 3 is 2.43 bits per heavy atom. The van der Waals surface area contributed by atoms with Gasteiger partial charge in [-0.3, -0.25) is 4.79 Å². The van der Waals surface area contributed by atoms with Crippen molar-refractivity contribution in [2.24, 2.45) is 0 Å². The third-order valence-electron chi connectivity index (χ3n) is 2.61. The van der Waals surface area contributed by atoms with E-state index in [1.165, 1.54) is 10.8 Å². The van der Waals surface area contributed by atoms with Crippen LogP contribution in [-0.4, -0.2) is 42.6 Å². The predicted molar refractivity (Wildman–Crippen MR) is 75.5 cm³/mol. The number of hydrogen-bond donors (Lipinski definition) is 3. The zero-order valence-electron chi connectivity index (χ0n) is 12.1. The van der Waals surface area contributed by atoms with Gasteiger partial charge in [-0.15, -0.1) is 0 Å². The number of aromatic carboxylic acids is 1. The van der Waals surface area contributed by atoms with E-state index in [9.17, 15) is 18.0 Å². The first-order valence-electron chi connectivity index (χ1n) is 6.40. The van der Waals surface area contributed by atoms with Crippen molar-refractivity contribution in [3.8, 4) is 0 Å². The van der Waals surface area contributed by atoms with Crippen LogP contribution in [0.1, 0.15) is 31.3 Å². The molecule has 1 rings (SSSR count). The summed E-state index contributed by atoms with van der Waals surface area (Å²) in [7, 11) is -3.93. The Morgan fingerprint density at radius 2 is 2.00 bits per heavy atom. The maximum absolute atomic E-state index is 12.0. The first-order chi connectivity index (χ1) is 9.67. The van der Waals surface area contributed by atoms with E-state index in [0.29, 0.717) is 6.54 Å². The van der Waals surface area contributed by atoms with E-state index < -0.39 is 28.4 Å². The lowest BCUT2D eigenvalue weighted by Gasteiger charge is -2.09. The highest BCUT2D eigenvalue weighted by Gasteiger charge is 2.21. The SMILES string of the molecule is CCn1cc(S(=O)(=O)NCC(=O)NC(C)C)cc1C(=O)O. The number of aryl methyl sites for hydroxylation is 1. The van der Waals surface area contributed by atoms with Crippen LogP contribution in [-0.2, 0) is 21.4 Å². The third-order valence-corrected chi connectivity index (χ3v) is 3.98. The Labute approximate surface area is 123 Å². The predicted octanol–water partition coefficient (Wildman–Crippen LogP) is 0.00910. The van der Waals surface area contributed by atoms with Gasteiger partial charge in [0.1, 0.15) is 10.6 Å². The minimum Gasteiger partial charge on any atom is -0.477 e. The number of rotatable bonds is 7. The average molecular weight is 317 g/mol. The van der Waals surface area contributed by atoms with Crippen molar-refractivity contribution in [1.29, 1.82) is 0 Å². The Balaban J connectivity index is 2.88.